The maximum absolute atomic E-state index is 5.93. The van der Waals surface area contributed by atoms with E-state index in [4.69, 9.17) is 17.0 Å². The van der Waals surface area contributed by atoms with Crippen molar-refractivity contribution in [1.82, 2.24) is 9.97 Å². The van der Waals surface area contributed by atoms with Gasteiger partial charge >= 0.3 is 0 Å². The molecule has 0 spiro atoms. The van der Waals surface area contributed by atoms with Crippen LogP contribution in [0.2, 0.25) is 0 Å². The molecule has 1 fully saturated rings. The summed E-state index contributed by atoms with van der Waals surface area (Å²) in [5, 5.41) is 0. The predicted molar refractivity (Wildman–Crippen MR) is 84.5 cm³/mol. The molecule has 20 heavy (non-hydrogen) atoms. The fourth-order valence-corrected chi connectivity index (χ4v) is 3.12. The summed E-state index contributed by atoms with van der Waals surface area (Å²) in [7, 11) is 1.80. The molecule has 1 heterocycles. The number of aromatic amines is 1. The summed E-state index contributed by atoms with van der Waals surface area (Å²) >= 11 is 5.37. The van der Waals surface area contributed by atoms with E-state index in [2.05, 4.69) is 30.7 Å². The van der Waals surface area contributed by atoms with Gasteiger partial charge in [-0.1, -0.05) is 58.7 Å². The minimum absolute atomic E-state index is 0.0326. The van der Waals surface area contributed by atoms with Crippen LogP contribution in [0.4, 0.5) is 0 Å². The Balaban J connectivity index is 2.49. The Hall–Kier alpha value is -0.740. The van der Waals surface area contributed by atoms with Crippen LogP contribution in [0, 0.1) is 4.64 Å². The van der Waals surface area contributed by atoms with Crippen LogP contribution in [0.15, 0.2) is 6.07 Å². The van der Waals surface area contributed by atoms with Crippen LogP contribution in [-0.4, -0.2) is 17.1 Å². The standard InChI is InChI=1S/C16H26N2OS/c1-15(2,3)12-11-13(20)18-14(17-12)16(19-4)9-7-5-6-8-10-16/h11H,5-10H2,1-4H3,(H,17,18,20). The summed E-state index contributed by atoms with van der Waals surface area (Å²) < 4.78 is 6.58. The molecule has 1 aliphatic carbocycles. The Morgan fingerprint density at radius 3 is 2.30 bits per heavy atom. The molecule has 0 unspecified atom stereocenters. The molecule has 0 atom stereocenters. The van der Waals surface area contributed by atoms with Crippen molar-refractivity contribution in [2.24, 2.45) is 0 Å². The number of aromatic nitrogens is 2. The van der Waals surface area contributed by atoms with Gasteiger partial charge in [-0.05, 0) is 18.9 Å². The van der Waals surface area contributed by atoms with E-state index >= 15 is 0 Å². The molecule has 0 aromatic carbocycles. The van der Waals surface area contributed by atoms with Crippen LogP contribution >= 0.6 is 12.2 Å². The molecule has 0 bridgehead atoms. The number of ether oxygens (including phenoxy) is 1. The normalized spacial score (nSPS) is 19.6. The summed E-state index contributed by atoms with van der Waals surface area (Å²) in [5.41, 5.74) is 0.879. The Kier molecular flexibility index (Phi) is 4.65. The molecule has 2 rings (SSSR count). The maximum Gasteiger partial charge on any atom is 0.140 e. The zero-order valence-electron chi connectivity index (χ0n) is 13.1. The Morgan fingerprint density at radius 2 is 1.80 bits per heavy atom. The average Bonchev–Trinajstić information content (AvgIpc) is 2.63. The van der Waals surface area contributed by atoms with Gasteiger partial charge in [-0.2, -0.15) is 0 Å². The van der Waals surface area contributed by atoms with Crippen molar-refractivity contribution in [2.45, 2.75) is 70.3 Å². The van der Waals surface area contributed by atoms with Crippen LogP contribution in [0.3, 0.4) is 0 Å². The van der Waals surface area contributed by atoms with Gasteiger partial charge in [0.1, 0.15) is 16.1 Å². The molecule has 1 aromatic heterocycles. The first-order valence-electron chi connectivity index (χ1n) is 7.55. The lowest BCUT2D eigenvalue weighted by Crippen LogP contribution is -2.31. The Labute approximate surface area is 127 Å². The summed E-state index contributed by atoms with van der Waals surface area (Å²) in [6.07, 6.45) is 6.99. The average molecular weight is 294 g/mol. The van der Waals surface area contributed by atoms with Gasteiger partial charge in [0.15, 0.2) is 0 Å². The Morgan fingerprint density at radius 1 is 1.20 bits per heavy atom. The van der Waals surface area contributed by atoms with Crippen molar-refractivity contribution < 1.29 is 4.74 Å². The molecule has 1 aromatic rings. The second kappa shape index (κ2) is 5.94. The first-order chi connectivity index (χ1) is 9.37. The van der Waals surface area contributed by atoms with Crippen LogP contribution in [0.5, 0.6) is 0 Å². The number of H-pyrrole nitrogens is 1. The summed E-state index contributed by atoms with van der Waals surface area (Å²) in [4.78, 5) is 8.10. The third-order valence-electron chi connectivity index (χ3n) is 4.28. The summed E-state index contributed by atoms with van der Waals surface area (Å²) in [6, 6.07) is 1.97. The zero-order valence-corrected chi connectivity index (χ0v) is 13.9. The molecular formula is C16H26N2OS. The van der Waals surface area contributed by atoms with E-state index in [1.54, 1.807) is 7.11 Å². The fraction of sp³-hybridized carbons (Fsp3) is 0.750. The predicted octanol–water partition coefficient (Wildman–Crippen LogP) is 4.63. The van der Waals surface area contributed by atoms with E-state index in [0.717, 1.165) is 24.4 Å². The molecule has 1 saturated carbocycles. The smallest absolute Gasteiger partial charge is 0.140 e. The highest BCUT2D eigenvalue weighted by Gasteiger charge is 2.35. The Bertz CT molecular complexity index is 508. The second-order valence-electron chi connectivity index (χ2n) is 6.84. The van der Waals surface area contributed by atoms with E-state index in [1.807, 2.05) is 6.07 Å². The first kappa shape index (κ1) is 15.6. The van der Waals surface area contributed by atoms with E-state index in [-0.39, 0.29) is 11.0 Å². The molecule has 0 radical (unpaired) electrons. The van der Waals surface area contributed by atoms with Gasteiger partial charge < -0.3 is 9.72 Å². The van der Waals surface area contributed by atoms with Gasteiger partial charge in [0.25, 0.3) is 0 Å². The van der Waals surface area contributed by atoms with E-state index in [1.165, 1.54) is 25.7 Å². The zero-order chi connectivity index (χ0) is 14.8. The molecule has 0 saturated heterocycles. The van der Waals surface area contributed by atoms with Crippen molar-refractivity contribution in [3.8, 4) is 0 Å². The van der Waals surface area contributed by atoms with E-state index in [0.29, 0.717) is 4.64 Å². The largest absolute Gasteiger partial charge is 0.370 e. The van der Waals surface area contributed by atoms with Gasteiger partial charge in [0, 0.05) is 18.2 Å². The third kappa shape index (κ3) is 3.29. The second-order valence-corrected chi connectivity index (χ2v) is 7.26. The van der Waals surface area contributed by atoms with Crippen molar-refractivity contribution in [3.05, 3.63) is 22.2 Å². The first-order valence-corrected chi connectivity index (χ1v) is 7.96. The minimum Gasteiger partial charge on any atom is -0.370 e. The minimum atomic E-state index is -0.286. The number of hydrogen-bond donors (Lipinski definition) is 1. The molecule has 4 heteroatoms. The van der Waals surface area contributed by atoms with Crippen molar-refractivity contribution in [3.63, 3.8) is 0 Å². The highest BCUT2D eigenvalue weighted by atomic mass is 32.1. The van der Waals surface area contributed by atoms with Crippen LogP contribution in [-0.2, 0) is 15.8 Å². The number of methoxy groups -OCH3 is 1. The quantitative estimate of drug-likeness (QED) is 0.638. The van der Waals surface area contributed by atoms with Gasteiger partial charge in [-0.25, -0.2) is 4.98 Å². The SMILES string of the molecule is COC1(c2nc(=S)cc(C(C)(C)C)[nH]2)CCCCCC1. The van der Waals surface area contributed by atoms with Crippen LogP contribution in [0.25, 0.3) is 0 Å². The third-order valence-corrected chi connectivity index (χ3v) is 4.49. The summed E-state index contributed by atoms with van der Waals surface area (Å²) in [5.74, 6) is 0.916. The highest BCUT2D eigenvalue weighted by molar-refractivity contribution is 7.71. The molecule has 112 valence electrons. The van der Waals surface area contributed by atoms with Crippen LogP contribution in [0.1, 0.15) is 70.8 Å². The van der Waals surface area contributed by atoms with Gasteiger partial charge in [-0.15, -0.1) is 0 Å². The van der Waals surface area contributed by atoms with Gasteiger partial charge in [0.05, 0.1) is 0 Å². The lowest BCUT2D eigenvalue weighted by Gasteiger charge is -2.32. The fourth-order valence-electron chi connectivity index (χ4n) is 2.91. The van der Waals surface area contributed by atoms with Gasteiger partial charge in [-0.3, -0.25) is 0 Å². The van der Waals surface area contributed by atoms with Crippen molar-refractivity contribution in [2.75, 3.05) is 7.11 Å². The topological polar surface area (TPSA) is 37.9 Å². The highest BCUT2D eigenvalue weighted by Crippen LogP contribution is 2.37. The van der Waals surface area contributed by atoms with Crippen molar-refractivity contribution >= 4 is 12.2 Å². The molecule has 0 aliphatic heterocycles. The number of nitrogens with zero attached hydrogens (tertiary/aromatic N) is 1. The molecule has 1 aliphatic rings. The lowest BCUT2D eigenvalue weighted by molar-refractivity contribution is -0.0355. The number of hydrogen-bond acceptors (Lipinski definition) is 3. The van der Waals surface area contributed by atoms with E-state index < -0.39 is 0 Å². The summed E-state index contributed by atoms with van der Waals surface area (Å²) in [6.45, 7) is 6.55. The number of nitrogens with one attached hydrogen (secondary N) is 1. The van der Waals surface area contributed by atoms with E-state index in [9.17, 15) is 0 Å². The monoisotopic (exact) mass is 294 g/mol. The molecule has 1 N–H and O–H groups in total. The molecule has 3 nitrogen and oxygen atoms in total. The maximum atomic E-state index is 5.93. The number of rotatable bonds is 2. The molecule has 0 amide bonds. The van der Waals surface area contributed by atoms with Crippen LogP contribution < -0.4 is 0 Å². The van der Waals surface area contributed by atoms with Crippen molar-refractivity contribution in [1.29, 1.82) is 0 Å². The van der Waals surface area contributed by atoms with Gasteiger partial charge in [0.2, 0.25) is 0 Å². The lowest BCUT2D eigenvalue weighted by atomic mass is 9.90. The molecular weight excluding hydrogens is 268 g/mol.